The third kappa shape index (κ3) is 3.46. The zero-order chi connectivity index (χ0) is 13.0. The summed E-state index contributed by atoms with van der Waals surface area (Å²) in [6.07, 6.45) is 0.354. The predicted molar refractivity (Wildman–Crippen MR) is 65.7 cm³/mol. The minimum absolute atomic E-state index is 0.0478. The van der Waals surface area contributed by atoms with Crippen molar-refractivity contribution in [1.29, 1.82) is 0 Å². The first-order chi connectivity index (χ1) is 7.95. The van der Waals surface area contributed by atoms with Gasteiger partial charge < -0.3 is 5.11 Å². The highest BCUT2D eigenvalue weighted by Gasteiger charge is 2.15. The van der Waals surface area contributed by atoms with Crippen molar-refractivity contribution in [3.8, 4) is 5.75 Å². The van der Waals surface area contributed by atoms with E-state index in [1.54, 1.807) is 13.1 Å². The number of amides is 1. The number of phenols is 1. The maximum Gasteiger partial charge on any atom is 0.246 e. The molecule has 4 nitrogen and oxygen atoms in total. The maximum absolute atomic E-state index is 11.6. The summed E-state index contributed by atoms with van der Waals surface area (Å²) in [5.74, 6) is 0.230. The number of carbonyl (C=O) groups is 1. The van der Waals surface area contributed by atoms with E-state index in [0.717, 1.165) is 11.1 Å². The number of phenolic OH excluding ortho intramolecular Hbond substituents is 1. The molecular formula is C13H19NO3. The summed E-state index contributed by atoms with van der Waals surface area (Å²) in [6.45, 7) is 3.79. The summed E-state index contributed by atoms with van der Waals surface area (Å²) >= 11 is 0. The fourth-order valence-electron chi connectivity index (χ4n) is 1.54. The minimum Gasteiger partial charge on any atom is -0.508 e. The molecule has 17 heavy (non-hydrogen) atoms. The maximum atomic E-state index is 11.6. The molecule has 0 saturated carbocycles. The van der Waals surface area contributed by atoms with Crippen molar-refractivity contribution in [2.24, 2.45) is 0 Å². The largest absolute Gasteiger partial charge is 0.508 e. The number of carbonyl (C=O) groups excluding carboxylic acids is 1. The Balaban J connectivity index is 2.73. The summed E-state index contributed by atoms with van der Waals surface area (Å²) in [7, 11) is 3.04. The van der Waals surface area contributed by atoms with Crippen molar-refractivity contribution in [2.75, 3.05) is 14.2 Å². The van der Waals surface area contributed by atoms with Gasteiger partial charge in [0.15, 0.2) is 0 Å². The average Bonchev–Trinajstić information content (AvgIpc) is 2.31. The third-order valence-corrected chi connectivity index (χ3v) is 2.91. The van der Waals surface area contributed by atoms with Gasteiger partial charge in [0, 0.05) is 13.5 Å². The Morgan fingerprint density at radius 1 is 1.53 bits per heavy atom. The van der Waals surface area contributed by atoms with Crippen LogP contribution in [-0.4, -0.2) is 30.2 Å². The number of hydrogen-bond donors (Lipinski definition) is 1. The zero-order valence-corrected chi connectivity index (χ0v) is 10.7. The molecule has 94 valence electrons. The lowest BCUT2D eigenvalue weighted by molar-refractivity contribution is -0.169. The Hall–Kier alpha value is -1.55. The molecule has 0 aliphatic carbocycles. The van der Waals surface area contributed by atoms with Gasteiger partial charge in [0.1, 0.15) is 5.75 Å². The Kier molecular flexibility index (Phi) is 4.52. The molecule has 0 aromatic heterocycles. The lowest BCUT2D eigenvalue weighted by atomic mass is 9.96. The summed E-state index contributed by atoms with van der Waals surface area (Å²) in [5.41, 5.74) is 1.78. The van der Waals surface area contributed by atoms with Crippen LogP contribution >= 0.6 is 0 Å². The molecule has 0 spiro atoms. The normalized spacial score (nSPS) is 12.2. The summed E-state index contributed by atoms with van der Waals surface area (Å²) in [6, 6.07) is 5.49. The van der Waals surface area contributed by atoms with Gasteiger partial charge in [-0.25, -0.2) is 5.06 Å². The van der Waals surface area contributed by atoms with Crippen LogP contribution in [0, 0.1) is 6.92 Å². The number of rotatable bonds is 4. The van der Waals surface area contributed by atoms with Gasteiger partial charge in [-0.1, -0.05) is 19.1 Å². The van der Waals surface area contributed by atoms with Gasteiger partial charge in [-0.3, -0.25) is 9.63 Å². The van der Waals surface area contributed by atoms with Crippen LogP contribution in [0.1, 0.15) is 30.4 Å². The quantitative estimate of drug-likeness (QED) is 0.817. The second-order valence-electron chi connectivity index (χ2n) is 4.22. The van der Waals surface area contributed by atoms with Crippen molar-refractivity contribution in [3.63, 3.8) is 0 Å². The van der Waals surface area contributed by atoms with Gasteiger partial charge in [-0.2, -0.15) is 0 Å². The number of hydroxylamine groups is 2. The van der Waals surface area contributed by atoms with Crippen molar-refractivity contribution >= 4 is 5.91 Å². The van der Waals surface area contributed by atoms with Crippen molar-refractivity contribution < 1.29 is 14.7 Å². The molecule has 0 aliphatic heterocycles. The van der Waals surface area contributed by atoms with E-state index in [-0.39, 0.29) is 17.6 Å². The van der Waals surface area contributed by atoms with Crippen LogP contribution in [0.15, 0.2) is 18.2 Å². The van der Waals surface area contributed by atoms with E-state index in [1.807, 2.05) is 26.0 Å². The molecule has 1 aromatic rings. The molecule has 0 fully saturated rings. The monoisotopic (exact) mass is 237 g/mol. The zero-order valence-electron chi connectivity index (χ0n) is 10.7. The second-order valence-corrected chi connectivity index (χ2v) is 4.22. The Bertz CT molecular complexity index is 404. The van der Waals surface area contributed by atoms with Gasteiger partial charge >= 0.3 is 0 Å². The van der Waals surface area contributed by atoms with Crippen molar-refractivity contribution in [3.05, 3.63) is 29.3 Å². The molecular weight excluding hydrogens is 218 g/mol. The molecule has 0 unspecified atom stereocenters. The lowest BCUT2D eigenvalue weighted by Crippen LogP contribution is -2.26. The number of nitrogens with zero attached hydrogens (tertiary/aromatic N) is 1. The number of aryl methyl sites for hydroxylation is 1. The first-order valence-corrected chi connectivity index (χ1v) is 5.56. The fourth-order valence-corrected chi connectivity index (χ4v) is 1.54. The summed E-state index contributed by atoms with van der Waals surface area (Å²) in [5, 5.41) is 10.8. The van der Waals surface area contributed by atoms with Crippen molar-refractivity contribution in [1.82, 2.24) is 5.06 Å². The lowest BCUT2D eigenvalue weighted by Gasteiger charge is -2.17. The highest BCUT2D eigenvalue weighted by atomic mass is 16.7. The molecule has 1 rings (SSSR count). The first-order valence-electron chi connectivity index (χ1n) is 5.56. The minimum atomic E-state index is -0.0833. The van der Waals surface area contributed by atoms with Crippen LogP contribution in [0.3, 0.4) is 0 Å². The molecule has 1 atom stereocenters. The van der Waals surface area contributed by atoms with Crippen LogP contribution in [0.5, 0.6) is 5.75 Å². The summed E-state index contributed by atoms with van der Waals surface area (Å²) < 4.78 is 0. The van der Waals surface area contributed by atoms with Crippen LogP contribution in [0.4, 0.5) is 0 Å². The Morgan fingerprint density at radius 2 is 2.18 bits per heavy atom. The van der Waals surface area contributed by atoms with Gasteiger partial charge in [0.2, 0.25) is 5.91 Å². The molecule has 0 radical (unpaired) electrons. The molecule has 1 amide bonds. The molecule has 1 aromatic carbocycles. The predicted octanol–water partition coefficient (Wildman–Crippen LogP) is 2.21. The average molecular weight is 237 g/mol. The number of hydrogen-bond acceptors (Lipinski definition) is 3. The number of benzene rings is 1. The molecule has 4 heteroatoms. The van der Waals surface area contributed by atoms with E-state index < -0.39 is 0 Å². The van der Waals surface area contributed by atoms with Crippen LogP contribution in [0.2, 0.25) is 0 Å². The van der Waals surface area contributed by atoms with Crippen LogP contribution in [-0.2, 0) is 9.63 Å². The van der Waals surface area contributed by atoms with Gasteiger partial charge in [-0.05, 0) is 30.0 Å². The standard InChI is InChI=1S/C13H19NO3/c1-9-5-6-11(8-12(9)15)10(2)7-13(16)14(3)17-4/h5-6,8,10,15H,7H2,1-4H3/t10-/m0/s1. The van der Waals surface area contributed by atoms with Gasteiger partial charge in [0.05, 0.1) is 7.11 Å². The Labute approximate surface area is 102 Å². The topological polar surface area (TPSA) is 49.8 Å². The van der Waals surface area contributed by atoms with Crippen LogP contribution < -0.4 is 0 Å². The van der Waals surface area contributed by atoms with E-state index in [2.05, 4.69) is 0 Å². The second kappa shape index (κ2) is 5.68. The van der Waals surface area contributed by atoms with E-state index >= 15 is 0 Å². The SMILES string of the molecule is CON(C)C(=O)C[C@H](C)c1ccc(C)c(O)c1. The molecule has 0 aliphatic rings. The number of aromatic hydroxyl groups is 1. The van der Waals surface area contributed by atoms with Crippen molar-refractivity contribution in [2.45, 2.75) is 26.2 Å². The van der Waals surface area contributed by atoms with E-state index in [0.29, 0.717) is 6.42 Å². The molecule has 0 bridgehead atoms. The highest BCUT2D eigenvalue weighted by molar-refractivity contribution is 5.75. The highest BCUT2D eigenvalue weighted by Crippen LogP contribution is 2.25. The fraction of sp³-hybridized carbons (Fsp3) is 0.462. The van der Waals surface area contributed by atoms with Gasteiger partial charge in [0.25, 0.3) is 0 Å². The van der Waals surface area contributed by atoms with Crippen LogP contribution in [0.25, 0.3) is 0 Å². The molecule has 0 saturated heterocycles. The Morgan fingerprint density at radius 3 is 2.71 bits per heavy atom. The summed E-state index contributed by atoms with van der Waals surface area (Å²) in [4.78, 5) is 16.5. The molecule has 0 heterocycles. The van der Waals surface area contributed by atoms with E-state index in [4.69, 9.17) is 4.84 Å². The smallest absolute Gasteiger partial charge is 0.246 e. The van der Waals surface area contributed by atoms with E-state index in [9.17, 15) is 9.90 Å². The first kappa shape index (κ1) is 13.5. The van der Waals surface area contributed by atoms with E-state index in [1.165, 1.54) is 12.2 Å². The van der Waals surface area contributed by atoms with Gasteiger partial charge in [-0.15, -0.1) is 0 Å². The third-order valence-electron chi connectivity index (χ3n) is 2.91. The molecule has 1 N–H and O–H groups in total.